The monoisotopic (exact) mass is 644 g/mol. The Morgan fingerprint density at radius 1 is 0.933 bits per heavy atom. The Morgan fingerprint density at radius 2 is 1.60 bits per heavy atom. The highest BCUT2D eigenvalue weighted by Crippen LogP contribution is 2.41. The molecule has 0 aliphatic carbocycles. The van der Waals surface area contributed by atoms with Gasteiger partial charge in [0.1, 0.15) is 11.0 Å². The van der Waals surface area contributed by atoms with Crippen molar-refractivity contribution >= 4 is 46.6 Å². The molecule has 2 aliphatic heterocycles. The lowest BCUT2D eigenvalue weighted by atomic mass is 9.85. The van der Waals surface area contributed by atoms with Crippen molar-refractivity contribution in [2.75, 3.05) is 10.6 Å². The van der Waals surface area contributed by atoms with E-state index in [9.17, 15) is 9.59 Å². The molecule has 4 heterocycles. The van der Waals surface area contributed by atoms with Crippen LogP contribution >= 0.6 is 23.2 Å². The Labute approximate surface area is 274 Å². The van der Waals surface area contributed by atoms with Gasteiger partial charge in [-0.05, 0) is 80.8 Å². The Bertz CT molecular complexity index is 1700. The Balaban J connectivity index is 1.07. The van der Waals surface area contributed by atoms with Gasteiger partial charge in [-0.25, -0.2) is 14.5 Å². The summed E-state index contributed by atoms with van der Waals surface area (Å²) in [5.74, 6) is 1.07. The van der Waals surface area contributed by atoms with Gasteiger partial charge < -0.3 is 10.2 Å². The van der Waals surface area contributed by atoms with Crippen molar-refractivity contribution in [2.45, 2.75) is 77.3 Å². The van der Waals surface area contributed by atoms with E-state index in [1.165, 1.54) is 11.8 Å². The molecule has 234 valence electrons. The first-order chi connectivity index (χ1) is 21.4. The predicted molar refractivity (Wildman–Crippen MR) is 180 cm³/mol. The molecule has 2 saturated heterocycles. The van der Waals surface area contributed by atoms with Crippen molar-refractivity contribution in [3.05, 3.63) is 99.4 Å². The minimum absolute atomic E-state index is 0.0164. The summed E-state index contributed by atoms with van der Waals surface area (Å²) in [7, 11) is 0. The largest absolute Gasteiger partial charge is 0.333 e. The van der Waals surface area contributed by atoms with Gasteiger partial charge >= 0.3 is 6.03 Å². The fourth-order valence-corrected chi connectivity index (χ4v) is 6.80. The van der Waals surface area contributed by atoms with Crippen LogP contribution in [0.25, 0.3) is 5.69 Å². The molecular formula is C35H38Cl2N6O2. The van der Waals surface area contributed by atoms with Crippen molar-refractivity contribution in [3.63, 3.8) is 0 Å². The van der Waals surface area contributed by atoms with E-state index in [0.29, 0.717) is 28.0 Å². The van der Waals surface area contributed by atoms with Gasteiger partial charge in [0.2, 0.25) is 0 Å². The number of hydrogen-bond donors (Lipinski definition) is 2. The minimum Gasteiger partial charge on any atom is -0.333 e. The predicted octanol–water partition coefficient (Wildman–Crippen LogP) is 8.45. The van der Waals surface area contributed by atoms with Crippen molar-refractivity contribution in [1.29, 1.82) is 0 Å². The van der Waals surface area contributed by atoms with E-state index in [4.69, 9.17) is 28.3 Å². The first kappa shape index (κ1) is 31.1. The summed E-state index contributed by atoms with van der Waals surface area (Å²) in [6.07, 6.45) is 6.40. The van der Waals surface area contributed by atoms with Gasteiger partial charge in [-0.3, -0.25) is 10.1 Å². The average Bonchev–Trinajstić information content (AvgIpc) is 3.54. The molecule has 4 aromatic rings. The molecular weight excluding hydrogens is 607 g/mol. The number of aromatic nitrogens is 3. The number of piperidine rings is 1. The molecule has 0 radical (unpaired) electrons. The molecule has 2 fully saturated rings. The van der Waals surface area contributed by atoms with Gasteiger partial charge in [-0.2, -0.15) is 5.10 Å². The van der Waals surface area contributed by atoms with Gasteiger partial charge in [0.05, 0.1) is 22.0 Å². The molecule has 2 unspecified atom stereocenters. The first-order valence-electron chi connectivity index (χ1n) is 15.4. The lowest BCUT2D eigenvalue weighted by molar-refractivity contribution is 0.0524. The third kappa shape index (κ3) is 6.87. The van der Waals surface area contributed by atoms with Crippen LogP contribution in [0, 0.1) is 12.8 Å². The van der Waals surface area contributed by atoms with Gasteiger partial charge in [0.25, 0.3) is 5.91 Å². The summed E-state index contributed by atoms with van der Waals surface area (Å²) in [5.41, 5.74) is 5.16. The second kappa shape index (κ2) is 12.5. The molecule has 2 N–H and O–H groups in total. The van der Waals surface area contributed by atoms with Crippen LogP contribution in [0.1, 0.15) is 73.6 Å². The number of halogens is 2. The maximum Gasteiger partial charge on any atom is 0.324 e. The molecule has 2 aromatic carbocycles. The maximum absolute atomic E-state index is 13.3. The van der Waals surface area contributed by atoms with Gasteiger partial charge in [-0.1, -0.05) is 73.8 Å². The molecule has 2 bridgehead atoms. The summed E-state index contributed by atoms with van der Waals surface area (Å²) in [5, 5.41) is 11.3. The highest BCUT2D eigenvalue weighted by molar-refractivity contribution is 6.41. The van der Waals surface area contributed by atoms with Crippen LogP contribution in [0.15, 0.2) is 66.9 Å². The van der Waals surface area contributed by atoms with E-state index in [-0.39, 0.29) is 34.6 Å². The van der Waals surface area contributed by atoms with Crippen LogP contribution < -0.4 is 10.6 Å². The van der Waals surface area contributed by atoms with Crippen molar-refractivity contribution < 1.29 is 9.59 Å². The van der Waals surface area contributed by atoms with Crippen LogP contribution in [-0.4, -0.2) is 43.7 Å². The second-order valence-electron chi connectivity index (χ2n) is 13.3. The third-order valence-corrected chi connectivity index (χ3v) is 9.53. The topological polar surface area (TPSA) is 92.2 Å². The van der Waals surface area contributed by atoms with Crippen LogP contribution in [0.4, 0.5) is 16.3 Å². The minimum atomic E-state index is -0.331. The number of nitrogens with zero attached hydrogens (tertiary/aromatic N) is 4. The van der Waals surface area contributed by atoms with Crippen molar-refractivity contribution in [2.24, 2.45) is 5.92 Å². The number of benzene rings is 2. The van der Waals surface area contributed by atoms with Gasteiger partial charge in [0.15, 0.2) is 0 Å². The number of aryl methyl sites for hydroxylation is 1. The quantitative estimate of drug-likeness (QED) is 0.206. The van der Waals surface area contributed by atoms with Crippen molar-refractivity contribution in [3.8, 4) is 5.69 Å². The number of hydrogen-bond acceptors (Lipinski definition) is 4. The molecule has 3 amide bonds. The number of amides is 3. The summed E-state index contributed by atoms with van der Waals surface area (Å²) in [4.78, 5) is 32.5. The molecule has 2 aromatic heterocycles. The van der Waals surface area contributed by atoms with Crippen LogP contribution in [0.2, 0.25) is 10.2 Å². The highest BCUT2D eigenvalue weighted by Gasteiger charge is 2.43. The van der Waals surface area contributed by atoms with E-state index in [1.54, 1.807) is 10.7 Å². The molecule has 2 atom stereocenters. The first-order valence-corrected chi connectivity index (χ1v) is 16.2. The lowest BCUT2D eigenvalue weighted by Crippen LogP contribution is -2.46. The zero-order valence-electron chi connectivity index (χ0n) is 26.0. The Kier molecular flexibility index (Phi) is 8.63. The zero-order valence-corrected chi connectivity index (χ0v) is 27.5. The van der Waals surface area contributed by atoms with Gasteiger partial charge in [-0.15, -0.1) is 0 Å². The maximum atomic E-state index is 13.3. The molecule has 10 heteroatoms. The summed E-state index contributed by atoms with van der Waals surface area (Å²) in [6, 6.07) is 19.7. The fourth-order valence-electron chi connectivity index (χ4n) is 6.53. The molecule has 0 saturated carbocycles. The molecule has 2 aliphatic rings. The Hall–Kier alpha value is -3.88. The number of urea groups is 1. The number of fused-ring (bicyclic) bond motifs is 2. The van der Waals surface area contributed by atoms with Gasteiger partial charge in [0, 0.05) is 35.4 Å². The standard InChI is InChI=1S/C35H38Cl2N6O2/c1-21-5-11-26(12-6-21)43-31(19-30(41-43)35(2,3)4)40-34(45)39-25-9-7-22(8-10-25)15-23-16-27-13-14-28(17-23)42(27)33(44)24-18-29(36)32(37)38-20-24/h5-12,18-20,23,27-28H,13-17H2,1-4H3,(H2,39,40,45). The van der Waals surface area contributed by atoms with Crippen LogP contribution in [-0.2, 0) is 11.8 Å². The number of rotatable bonds is 6. The molecule has 6 rings (SSSR count). The summed E-state index contributed by atoms with van der Waals surface area (Å²) < 4.78 is 1.77. The molecule has 0 spiro atoms. The normalized spacial score (nSPS) is 19.4. The average molecular weight is 646 g/mol. The van der Waals surface area contributed by atoms with E-state index in [2.05, 4.69) is 48.5 Å². The van der Waals surface area contributed by atoms with Crippen LogP contribution in [0.5, 0.6) is 0 Å². The molecule has 8 nitrogen and oxygen atoms in total. The number of carbonyl (C=O) groups excluding carboxylic acids is 2. The van der Waals surface area contributed by atoms with Crippen molar-refractivity contribution in [1.82, 2.24) is 19.7 Å². The van der Waals surface area contributed by atoms with Crippen LogP contribution in [0.3, 0.4) is 0 Å². The second-order valence-corrected chi connectivity index (χ2v) is 14.1. The smallest absolute Gasteiger partial charge is 0.324 e. The SMILES string of the molecule is Cc1ccc(-n2nc(C(C)(C)C)cc2NC(=O)Nc2ccc(CC3CC4CCC(C3)N4C(=O)c3cnc(Cl)c(Cl)c3)cc2)cc1. The molecule has 45 heavy (non-hydrogen) atoms. The summed E-state index contributed by atoms with van der Waals surface area (Å²) >= 11 is 12.1. The number of nitrogens with one attached hydrogen (secondary N) is 2. The fraction of sp³-hybridized carbons (Fsp3) is 0.371. The highest BCUT2D eigenvalue weighted by atomic mass is 35.5. The van der Waals surface area contributed by atoms with E-state index >= 15 is 0 Å². The lowest BCUT2D eigenvalue weighted by Gasteiger charge is -2.39. The number of anilines is 2. The number of carbonyl (C=O) groups is 2. The zero-order chi connectivity index (χ0) is 31.9. The summed E-state index contributed by atoms with van der Waals surface area (Å²) in [6.45, 7) is 8.34. The van der Waals surface area contributed by atoms with E-state index < -0.39 is 0 Å². The Morgan fingerprint density at radius 3 is 2.22 bits per heavy atom. The van der Waals surface area contributed by atoms with E-state index in [0.717, 1.165) is 49.0 Å². The third-order valence-electron chi connectivity index (χ3n) is 8.84. The number of pyridine rings is 1. The van der Waals surface area contributed by atoms with E-state index in [1.807, 2.05) is 54.3 Å².